The molecule has 3 heteroatoms. The van der Waals surface area contributed by atoms with Crippen molar-refractivity contribution in [2.75, 3.05) is 6.54 Å². The lowest BCUT2D eigenvalue weighted by atomic mass is 10.0. The lowest BCUT2D eigenvalue weighted by molar-refractivity contribution is 0.473. The number of nitrogens with two attached hydrogens (primary N) is 1. The van der Waals surface area contributed by atoms with Crippen LogP contribution >= 0.6 is 11.6 Å². The van der Waals surface area contributed by atoms with Crippen molar-refractivity contribution in [3.8, 4) is 5.75 Å². The Morgan fingerprint density at radius 2 is 2.23 bits per heavy atom. The Kier molecular flexibility index (Phi) is 3.34. The van der Waals surface area contributed by atoms with Crippen molar-refractivity contribution in [3.05, 3.63) is 35.4 Å². The highest BCUT2D eigenvalue weighted by Crippen LogP contribution is 2.32. The Balaban J connectivity index is 3.05. The summed E-state index contributed by atoms with van der Waals surface area (Å²) in [4.78, 5) is 0. The van der Waals surface area contributed by atoms with Crippen LogP contribution in [0.1, 0.15) is 12.0 Å². The van der Waals surface area contributed by atoms with Crippen LogP contribution in [0.15, 0.2) is 24.8 Å². The summed E-state index contributed by atoms with van der Waals surface area (Å²) >= 11 is 5.90. The number of aromatic hydroxyl groups is 1. The highest BCUT2D eigenvalue weighted by molar-refractivity contribution is 6.32. The topological polar surface area (TPSA) is 46.2 Å². The van der Waals surface area contributed by atoms with E-state index in [9.17, 15) is 5.11 Å². The molecule has 0 aliphatic heterocycles. The van der Waals surface area contributed by atoms with E-state index in [2.05, 4.69) is 6.58 Å². The molecule has 0 aliphatic carbocycles. The van der Waals surface area contributed by atoms with Crippen molar-refractivity contribution in [3.63, 3.8) is 0 Å². The largest absolute Gasteiger partial charge is 0.507 e. The third-order valence-corrected chi connectivity index (χ3v) is 2.11. The van der Waals surface area contributed by atoms with Crippen LogP contribution in [0.3, 0.4) is 0 Å². The number of benzene rings is 1. The monoisotopic (exact) mass is 197 g/mol. The molecular formula is C10H12ClNO. The quantitative estimate of drug-likeness (QED) is 0.782. The second-order valence-electron chi connectivity index (χ2n) is 2.78. The molecule has 0 radical (unpaired) electrons. The zero-order chi connectivity index (χ0) is 9.84. The molecule has 1 aromatic carbocycles. The molecule has 0 unspecified atom stereocenters. The Morgan fingerprint density at radius 1 is 1.54 bits per heavy atom. The molecule has 0 heterocycles. The zero-order valence-electron chi connectivity index (χ0n) is 7.26. The van der Waals surface area contributed by atoms with E-state index in [0.29, 0.717) is 23.6 Å². The molecule has 0 amide bonds. The maximum atomic E-state index is 9.50. The minimum absolute atomic E-state index is 0.158. The van der Waals surface area contributed by atoms with Crippen molar-refractivity contribution >= 4 is 17.2 Å². The van der Waals surface area contributed by atoms with Gasteiger partial charge in [0.2, 0.25) is 0 Å². The summed E-state index contributed by atoms with van der Waals surface area (Å²) in [5.74, 6) is 0.158. The van der Waals surface area contributed by atoms with Crippen LogP contribution in [0.5, 0.6) is 5.75 Å². The van der Waals surface area contributed by atoms with Gasteiger partial charge in [0.05, 0.1) is 5.02 Å². The number of phenols is 1. The molecule has 3 N–H and O–H groups in total. The van der Waals surface area contributed by atoms with E-state index in [1.165, 1.54) is 0 Å². The van der Waals surface area contributed by atoms with Crippen molar-refractivity contribution in [2.45, 2.75) is 6.42 Å². The fourth-order valence-electron chi connectivity index (χ4n) is 1.16. The van der Waals surface area contributed by atoms with Crippen LogP contribution in [0.4, 0.5) is 0 Å². The van der Waals surface area contributed by atoms with Gasteiger partial charge in [-0.05, 0) is 30.7 Å². The maximum Gasteiger partial charge on any atom is 0.124 e. The lowest BCUT2D eigenvalue weighted by Gasteiger charge is -2.08. The van der Waals surface area contributed by atoms with Gasteiger partial charge >= 0.3 is 0 Å². The molecule has 0 bridgehead atoms. The van der Waals surface area contributed by atoms with E-state index < -0.39 is 0 Å². The van der Waals surface area contributed by atoms with Gasteiger partial charge in [-0.1, -0.05) is 24.2 Å². The van der Waals surface area contributed by atoms with Gasteiger partial charge in [0.1, 0.15) is 5.75 Å². The minimum atomic E-state index is 0.158. The fraction of sp³-hybridized carbons (Fsp3) is 0.200. The Morgan fingerprint density at radius 3 is 2.77 bits per heavy atom. The highest BCUT2D eigenvalue weighted by Gasteiger charge is 2.08. The van der Waals surface area contributed by atoms with E-state index in [4.69, 9.17) is 17.3 Å². The second kappa shape index (κ2) is 4.30. The number of rotatable bonds is 3. The Hall–Kier alpha value is -0.990. The summed E-state index contributed by atoms with van der Waals surface area (Å²) in [6.45, 7) is 4.32. The molecule has 1 rings (SSSR count). The van der Waals surface area contributed by atoms with E-state index in [0.717, 1.165) is 5.57 Å². The Labute approximate surface area is 82.6 Å². The standard InChI is InChI=1S/C10H12ClNO/c1-7(5-6-12)10-8(11)3-2-4-9(10)13/h2-4,13H,1,5-6,12H2. The van der Waals surface area contributed by atoms with Gasteiger partial charge in [-0.3, -0.25) is 0 Å². The molecule has 1 aromatic rings. The first-order chi connectivity index (χ1) is 6.16. The summed E-state index contributed by atoms with van der Waals surface area (Å²) in [5.41, 5.74) is 6.76. The van der Waals surface area contributed by atoms with Gasteiger partial charge in [0, 0.05) is 5.56 Å². The Bertz CT molecular complexity index is 302. The molecule has 13 heavy (non-hydrogen) atoms. The summed E-state index contributed by atoms with van der Waals surface area (Å²) in [5, 5.41) is 10.0. The molecule has 0 saturated carbocycles. The lowest BCUT2D eigenvalue weighted by Crippen LogP contribution is -1.99. The van der Waals surface area contributed by atoms with Gasteiger partial charge in [-0.15, -0.1) is 0 Å². The number of hydrogen-bond acceptors (Lipinski definition) is 2. The molecule has 0 spiro atoms. The smallest absolute Gasteiger partial charge is 0.124 e. The molecular weight excluding hydrogens is 186 g/mol. The third-order valence-electron chi connectivity index (χ3n) is 1.79. The average molecular weight is 198 g/mol. The molecule has 2 nitrogen and oxygen atoms in total. The molecule has 70 valence electrons. The predicted molar refractivity (Wildman–Crippen MR) is 55.8 cm³/mol. The van der Waals surface area contributed by atoms with E-state index in [-0.39, 0.29) is 5.75 Å². The van der Waals surface area contributed by atoms with Crippen LogP contribution in [0.2, 0.25) is 5.02 Å². The van der Waals surface area contributed by atoms with E-state index >= 15 is 0 Å². The van der Waals surface area contributed by atoms with E-state index in [1.807, 2.05) is 0 Å². The van der Waals surface area contributed by atoms with Crippen LogP contribution in [-0.2, 0) is 0 Å². The van der Waals surface area contributed by atoms with Crippen molar-refractivity contribution in [1.29, 1.82) is 0 Å². The number of hydrogen-bond donors (Lipinski definition) is 2. The SMILES string of the molecule is C=C(CCN)c1c(O)cccc1Cl. The molecule has 0 fully saturated rings. The maximum absolute atomic E-state index is 9.50. The van der Waals surface area contributed by atoms with E-state index in [1.54, 1.807) is 18.2 Å². The van der Waals surface area contributed by atoms with Gasteiger partial charge in [0.25, 0.3) is 0 Å². The third kappa shape index (κ3) is 2.23. The summed E-state index contributed by atoms with van der Waals surface area (Å²) in [6.07, 6.45) is 0.636. The molecule has 0 atom stereocenters. The van der Waals surface area contributed by atoms with Crippen LogP contribution in [0, 0.1) is 0 Å². The van der Waals surface area contributed by atoms with Crippen molar-refractivity contribution < 1.29 is 5.11 Å². The van der Waals surface area contributed by atoms with Crippen LogP contribution in [-0.4, -0.2) is 11.7 Å². The molecule has 0 aromatic heterocycles. The summed E-state index contributed by atoms with van der Waals surface area (Å²) in [6, 6.07) is 5.00. The molecule has 0 saturated heterocycles. The number of phenolic OH excluding ortho intramolecular Hbond substituents is 1. The summed E-state index contributed by atoms with van der Waals surface area (Å²) < 4.78 is 0. The first-order valence-electron chi connectivity index (χ1n) is 4.02. The highest BCUT2D eigenvalue weighted by atomic mass is 35.5. The van der Waals surface area contributed by atoms with Gasteiger partial charge in [0.15, 0.2) is 0 Å². The van der Waals surface area contributed by atoms with Crippen molar-refractivity contribution in [1.82, 2.24) is 0 Å². The first kappa shape index (κ1) is 10.1. The van der Waals surface area contributed by atoms with Gasteiger partial charge in [-0.25, -0.2) is 0 Å². The van der Waals surface area contributed by atoms with Crippen LogP contribution < -0.4 is 5.73 Å². The summed E-state index contributed by atoms with van der Waals surface area (Å²) in [7, 11) is 0. The first-order valence-corrected chi connectivity index (χ1v) is 4.40. The zero-order valence-corrected chi connectivity index (χ0v) is 8.01. The minimum Gasteiger partial charge on any atom is -0.507 e. The van der Waals surface area contributed by atoms with Gasteiger partial charge < -0.3 is 10.8 Å². The normalized spacial score (nSPS) is 10.0. The fourth-order valence-corrected chi connectivity index (χ4v) is 1.47. The molecule has 0 aliphatic rings. The second-order valence-corrected chi connectivity index (χ2v) is 3.18. The van der Waals surface area contributed by atoms with Gasteiger partial charge in [-0.2, -0.15) is 0 Å². The number of halogens is 1. The van der Waals surface area contributed by atoms with Crippen molar-refractivity contribution in [2.24, 2.45) is 5.73 Å². The van der Waals surface area contributed by atoms with Crippen LogP contribution in [0.25, 0.3) is 5.57 Å². The predicted octanol–water partition coefficient (Wildman–Crippen LogP) is 2.41. The average Bonchev–Trinajstić information content (AvgIpc) is 2.04.